The first-order valence-corrected chi connectivity index (χ1v) is 3.19. The summed E-state index contributed by atoms with van der Waals surface area (Å²) < 4.78 is 4.69. The normalized spacial score (nSPS) is 9.91. The van der Waals surface area contributed by atoms with E-state index in [1.165, 1.54) is 6.26 Å². The Balaban J connectivity index is 3.60. The van der Waals surface area contributed by atoms with Gasteiger partial charge in [-0.1, -0.05) is 0 Å². The van der Waals surface area contributed by atoms with Crippen molar-refractivity contribution in [2.24, 2.45) is 0 Å². The van der Waals surface area contributed by atoms with E-state index in [0.717, 1.165) is 6.08 Å². The second-order valence-electron chi connectivity index (χ2n) is 1.79. The highest BCUT2D eigenvalue weighted by Gasteiger charge is 2.02. The fourth-order valence-electron chi connectivity index (χ4n) is 0.428. The van der Waals surface area contributed by atoms with Gasteiger partial charge in [0.1, 0.15) is 6.42 Å². The molecule has 0 saturated heterocycles. The zero-order valence-corrected chi connectivity index (χ0v) is 6.24. The van der Waals surface area contributed by atoms with Crippen LogP contribution < -0.4 is 0 Å². The van der Waals surface area contributed by atoms with Crippen molar-refractivity contribution in [1.29, 1.82) is 0 Å². The van der Waals surface area contributed by atoms with E-state index in [4.69, 9.17) is 9.84 Å². The summed E-state index contributed by atoms with van der Waals surface area (Å²) in [5.74, 6) is -1.60. The molecule has 4 nitrogen and oxygen atoms in total. The standard InChI is InChI=1S/C7H10O4/c1-2-11-4-3-6(8)5-7(9)10/h3-4H,2,5H2,1H3,(H,9,10)/b4-3+. The molecule has 0 unspecified atom stereocenters. The summed E-state index contributed by atoms with van der Waals surface area (Å²) >= 11 is 0. The minimum Gasteiger partial charge on any atom is -0.501 e. The second-order valence-corrected chi connectivity index (χ2v) is 1.79. The third-order valence-corrected chi connectivity index (χ3v) is 0.842. The van der Waals surface area contributed by atoms with Crippen LogP contribution in [0.3, 0.4) is 0 Å². The SMILES string of the molecule is CCO/C=C/C(=O)CC(=O)O. The average Bonchev–Trinajstić information content (AvgIpc) is 1.86. The highest BCUT2D eigenvalue weighted by Crippen LogP contribution is 1.86. The van der Waals surface area contributed by atoms with E-state index in [-0.39, 0.29) is 0 Å². The molecule has 0 amide bonds. The first-order valence-electron chi connectivity index (χ1n) is 3.19. The summed E-state index contributed by atoms with van der Waals surface area (Å²) in [6, 6.07) is 0. The Morgan fingerprint density at radius 3 is 2.64 bits per heavy atom. The van der Waals surface area contributed by atoms with E-state index in [1.807, 2.05) is 0 Å². The minimum atomic E-state index is -1.13. The van der Waals surface area contributed by atoms with Crippen molar-refractivity contribution in [2.75, 3.05) is 6.61 Å². The summed E-state index contributed by atoms with van der Waals surface area (Å²) in [6.45, 7) is 2.24. The van der Waals surface area contributed by atoms with Gasteiger partial charge in [-0.05, 0) is 6.92 Å². The molecular weight excluding hydrogens is 148 g/mol. The predicted octanol–water partition coefficient (Wildman–Crippen LogP) is 0.580. The highest BCUT2D eigenvalue weighted by atomic mass is 16.5. The van der Waals surface area contributed by atoms with Gasteiger partial charge in [0.25, 0.3) is 0 Å². The lowest BCUT2D eigenvalue weighted by atomic mass is 10.3. The molecule has 0 aromatic heterocycles. The number of ether oxygens (including phenoxy) is 1. The van der Waals surface area contributed by atoms with Crippen LogP contribution in [0, 0.1) is 0 Å². The molecule has 0 rings (SSSR count). The Hall–Kier alpha value is -1.32. The van der Waals surface area contributed by atoms with Crippen LogP contribution >= 0.6 is 0 Å². The van der Waals surface area contributed by atoms with Crippen LogP contribution in [0.1, 0.15) is 13.3 Å². The molecule has 0 atom stereocenters. The highest BCUT2D eigenvalue weighted by molar-refractivity contribution is 6.01. The lowest BCUT2D eigenvalue weighted by Crippen LogP contribution is -2.03. The van der Waals surface area contributed by atoms with E-state index >= 15 is 0 Å². The molecule has 0 aromatic rings. The zero-order chi connectivity index (χ0) is 8.69. The van der Waals surface area contributed by atoms with Crippen LogP contribution in [0.25, 0.3) is 0 Å². The minimum absolute atomic E-state index is 0.467. The van der Waals surface area contributed by atoms with Gasteiger partial charge in [-0.2, -0.15) is 0 Å². The van der Waals surface area contributed by atoms with Gasteiger partial charge in [0, 0.05) is 6.08 Å². The Kier molecular flexibility index (Phi) is 4.81. The molecule has 0 fully saturated rings. The van der Waals surface area contributed by atoms with Crippen LogP contribution in [0.2, 0.25) is 0 Å². The number of rotatable bonds is 5. The van der Waals surface area contributed by atoms with Gasteiger partial charge in [-0.25, -0.2) is 0 Å². The summed E-state index contributed by atoms with van der Waals surface area (Å²) in [6.07, 6.45) is 1.83. The average molecular weight is 158 g/mol. The fourth-order valence-corrected chi connectivity index (χ4v) is 0.428. The predicted molar refractivity (Wildman–Crippen MR) is 38.0 cm³/mol. The van der Waals surface area contributed by atoms with Crippen molar-refractivity contribution < 1.29 is 19.4 Å². The smallest absolute Gasteiger partial charge is 0.311 e. The molecule has 0 saturated carbocycles. The first-order chi connectivity index (χ1) is 5.16. The number of carboxylic acids is 1. The molecule has 4 heteroatoms. The van der Waals surface area contributed by atoms with Crippen LogP contribution in [0.4, 0.5) is 0 Å². The lowest BCUT2D eigenvalue weighted by Gasteiger charge is -1.90. The number of hydrogen-bond acceptors (Lipinski definition) is 3. The van der Waals surface area contributed by atoms with Gasteiger partial charge < -0.3 is 9.84 Å². The number of ketones is 1. The van der Waals surface area contributed by atoms with Crippen molar-refractivity contribution in [3.63, 3.8) is 0 Å². The monoisotopic (exact) mass is 158 g/mol. The number of carboxylic acid groups (broad SMARTS) is 1. The van der Waals surface area contributed by atoms with Gasteiger partial charge in [0.15, 0.2) is 5.78 Å². The number of aliphatic carboxylic acids is 1. The lowest BCUT2D eigenvalue weighted by molar-refractivity contribution is -0.139. The number of carbonyl (C=O) groups excluding carboxylic acids is 1. The van der Waals surface area contributed by atoms with Crippen LogP contribution in [-0.2, 0) is 14.3 Å². The molecule has 0 aromatic carbocycles. The molecule has 0 aliphatic rings. The Labute approximate surface area is 64.5 Å². The maximum absolute atomic E-state index is 10.6. The molecule has 1 N–H and O–H groups in total. The van der Waals surface area contributed by atoms with E-state index in [1.54, 1.807) is 6.92 Å². The molecular formula is C7H10O4. The molecule has 62 valence electrons. The van der Waals surface area contributed by atoms with E-state index in [0.29, 0.717) is 6.61 Å². The summed E-state index contributed by atoms with van der Waals surface area (Å²) in [5.41, 5.74) is 0. The first kappa shape index (κ1) is 9.68. The van der Waals surface area contributed by atoms with E-state index in [2.05, 4.69) is 0 Å². The van der Waals surface area contributed by atoms with Crippen molar-refractivity contribution >= 4 is 11.8 Å². The quantitative estimate of drug-likeness (QED) is 0.361. The maximum Gasteiger partial charge on any atom is 0.311 e. The largest absolute Gasteiger partial charge is 0.501 e. The van der Waals surface area contributed by atoms with Crippen molar-refractivity contribution in [3.05, 3.63) is 12.3 Å². The van der Waals surface area contributed by atoms with Crippen molar-refractivity contribution in [3.8, 4) is 0 Å². The third-order valence-electron chi connectivity index (χ3n) is 0.842. The van der Waals surface area contributed by atoms with Gasteiger partial charge >= 0.3 is 5.97 Å². The van der Waals surface area contributed by atoms with E-state index < -0.39 is 18.2 Å². The molecule has 11 heavy (non-hydrogen) atoms. The number of hydrogen-bond donors (Lipinski definition) is 1. The summed E-state index contributed by atoms with van der Waals surface area (Å²) in [5, 5.41) is 8.14. The topological polar surface area (TPSA) is 63.6 Å². The number of carbonyl (C=O) groups is 2. The fraction of sp³-hybridized carbons (Fsp3) is 0.429. The van der Waals surface area contributed by atoms with Crippen LogP contribution in [0.5, 0.6) is 0 Å². The number of allylic oxidation sites excluding steroid dienone is 1. The van der Waals surface area contributed by atoms with E-state index in [9.17, 15) is 9.59 Å². The Bertz CT molecular complexity index is 171. The van der Waals surface area contributed by atoms with Crippen molar-refractivity contribution in [2.45, 2.75) is 13.3 Å². The van der Waals surface area contributed by atoms with Crippen LogP contribution in [0.15, 0.2) is 12.3 Å². The van der Waals surface area contributed by atoms with Crippen LogP contribution in [-0.4, -0.2) is 23.5 Å². The zero-order valence-electron chi connectivity index (χ0n) is 6.24. The molecule has 0 spiro atoms. The van der Waals surface area contributed by atoms with Gasteiger partial charge in [-0.3, -0.25) is 9.59 Å². The molecule has 0 aliphatic carbocycles. The molecule has 0 heterocycles. The molecule has 0 radical (unpaired) electrons. The Morgan fingerprint density at radius 2 is 2.18 bits per heavy atom. The third kappa shape index (κ3) is 6.57. The van der Waals surface area contributed by atoms with Gasteiger partial charge in [-0.15, -0.1) is 0 Å². The van der Waals surface area contributed by atoms with Gasteiger partial charge in [0.05, 0.1) is 12.9 Å². The molecule has 0 bridgehead atoms. The summed E-state index contributed by atoms with van der Waals surface area (Å²) in [7, 11) is 0. The summed E-state index contributed by atoms with van der Waals surface area (Å²) in [4.78, 5) is 20.5. The van der Waals surface area contributed by atoms with Gasteiger partial charge in [0.2, 0.25) is 0 Å². The second kappa shape index (κ2) is 5.46. The maximum atomic E-state index is 10.6. The van der Waals surface area contributed by atoms with Crippen molar-refractivity contribution in [1.82, 2.24) is 0 Å². The molecule has 0 aliphatic heterocycles. The Morgan fingerprint density at radius 1 is 1.55 bits per heavy atom.